The predicted molar refractivity (Wildman–Crippen MR) is 49.9 cm³/mol. The van der Waals surface area contributed by atoms with Gasteiger partial charge in [-0.2, -0.15) is 0 Å². The number of aromatic nitrogens is 3. The monoisotopic (exact) mass is 234 g/mol. The molecule has 0 bridgehead atoms. The molecule has 0 saturated heterocycles. The second-order valence-corrected chi connectivity index (χ2v) is 3.41. The number of amides is 1. The van der Waals surface area contributed by atoms with E-state index in [1.54, 1.807) is 0 Å². The van der Waals surface area contributed by atoms with Gasteiger partial charge in [-0.15, -0.1) is 5.10 Å². The second-order valence-electron chi connectivity index (χ2n) is 3.41. The highest BCUT2D eigenvalue weighted by atomic mass is 19.3. The second kappa shape index (κ2) is 4.52. The molecule has 1 rings (SSSR count). The van der Waals surface area contributed by atoms with Crippen LogP contribution in [0.3, 0.4) is 0 Å². The van der Waals surface area contributed by atoms with Gasteiger partial charge in [0.05, 0.1) is 12.1 Å². The number of aliphatic hydroxyl groups excluding tert-OH is 1. The molecule has 0 aliphatic rings. The number of alkyl halides is 2. The Bertz CT molecular complexity index is 391. The molecule has 1 aromatic rings. The highest BCUT2D eigenvalue weighted by molar-refractivity contribution is 5.91. The Morgan fingerprint density at radius 1 is 1.50 bits per heavy atom. The Labute approximate surface area is 90.0 Å². The van der Waals surface area contributed by atoms with E-state index in [1.165, 1.54) is 13.8 Å². The van der Waals surface area contributed by atoms with Gasteiger partial charge in [0.2, 0.25) is 0 Å². The fraction of sp³-hybridized carbons (Fsp3) is 0.625. The summed E-state index contributed by atoms with van der Waals surface area (Å²) in [5.74, 6) is -1.07. The fourth-order valence-corrected chi connectivity index (χ4v) is 1.18. The Hall–Kier alpha value is -1.57. The largest absolute Gasteiger partial charge is 0.391 e. The molecular weight excluding hydrogens is 222 g/mol. The average molecular weight is 234 g/mol. The number of halogens is 2. The quantitative estimate of drug-likeness (QED) is 0.781. The smallest absolute Gasteiger partial charge is 0.282 e. The molecular formula is C8H12F2N4O2. The van der Waals surface area contributed by atoms with Gasteiger partial charge in [-0.05, 0) is 13.8 Å². The molecule has 6 nitrogen and oxygen atoms in total. The summed E-state index contributed by atoms with van der Waals surface area (Å²) in [6, 6.07) is -0.718. The third-order valence-electron chi connectivity index (χ3n) is 2.25. The molecule has 1 aromatic heterocycles. The van der Waals surface area contributed by atoms with Gasteiger partial charge in [0, 0.05) is 0 Å². The van der Waals surface area contributed by atoms with Gasteiger partial charge in [0.25, 0.3) is 12.3 Å². The molecule has 1 amide bonds. The normalized spacial score (nSPS) is 15.1. The zero-order chi connectivity index (χ0) is 12.5. The molecule has 1 heterocycles. The lowest BCUT2D eigenvalue weighted by atomic mass is 10.2. The predicted octanol–water partition coefficient (Wildman–Crippen LogP) is 0.256. The maximum atomic E-state index is 12.7. The van der Waals surface area contributed by atoms with Crippen LogP contribution in [0.5, 0.6) is 0 Å². The topological polar surface area (TPSA) is 94.0 Å². The third kappa shape index (κ3) is 2.16. The molecule has 0 radical (unpaired) electrons. The van der Waals surface area contributed by atoms with Gasteiger partial charge in [-0.25, -0.2) is 13.5 Å². The van der Waals surface area contributed by atoms with E-state index >= 15 is 0 Å². The summed E-state index contributed by atoms with van der Waals surface area (Å²) in [7, 11) is 0. The summed E-state index contributed by atoms with van der Waals surface area (Å²) in [6.45, 7) is 2.90. The maximum Gasteiger partial charge on any atom is 0.282 e. The molecule has 2 atom stereocenters. The van der Waals surface area contributed by atoms with Crippen LogP contribution in [0.15, 0.2) is 0 Å². The molecule has 0 aliphatic carbocycles. The summed E-state index contributed by atoms with van der Waals surface area (Å²) < 4.78 is 26.2. The number of hydrogen-bond acceptors (Lipinski definition) is 4. The van der Waals surface area contributed by atoms with Gasteiger partial charge >= 0.3 is 0 Å². The highest BCUT2D eigenvalue weighted by Gasteiger charge is 2.28. The Morgan fingerprint density at radius 3 is 2.44 bits per heavy atom. The van der Waals surface area contributed by atoms with Gasteiger partial charge in [-0.1, -0.05) is 5.21 Å². The molecule has 0 fully saturated rings. The lowest BCUT2D eigenvalue weighted by Gasteiger charge is -2.16. The van der Waals surface area contributed by atoms with Gasteiger partial charge in [-0.3, -0.25) is 4.79 Å². The zero-order valence-electron chi connectivity index (χ0n) is 8.76. The van der Waals surface area contributed by atoms with Crippen molar-refractivity contribution in [2.45, 2.75) is 32.4 Å². The molecule has 0 saturated carbocycles. The third-order valence-corrected chi connectivity index (χ3v) is 2.25. The SMILES string of the molecule is CC(O)C(C)n1nnc(C(N)=O)c1C(F)F. The van der Waals surface area contributed by atoms with Crippen LogP contribution in [-0.4, -0.2) is 32.1 Å². The van der Waals surface area contributed by atoms with Crippen molar-refractivity contribution in [3.63, 3.8) is 0 Å². The van der Waals surface area contributed by atoms with Gasteiger partial charge in [0.1, 0.15) is 5.69 Å². The Balaban J connectivity index is 3.25. The van der Waals surface area contributed by atoms with Gasteiger partial charge < -0.3 is 10.8 Å². The van der Waals surface area contributed by atoms with Crippen molar-refractivity contribution in [2.75, 3.05) is 0 Å². The van der Waals surface area contributed by atoms with Crippen molar-refractivity contribution in [2.24, 2.45) is 5.73 Å². The number of nitrogens with zero attached hydrogens (tertiary/aromatic N) is 3. The van der Waals surface area contributed by atoms with Crippen molar-refractivity contribution < 1.29 is 18.7 Å². The van der Waals surface area contributed by atoms with Crippen LogP contribution < -0.4 is 5.73 Å². The Kier molecular flexibility index (Phi) is 3.53. The molecule has 16 heavy (non-hydrogen) atoms. The first kappa shape index (κ1) is 12.5. The number of aliphatic hydroxyl groups is 1. The van der Waals surface area contributed by atoms with E-state index < -0.39 is 35.9 Å². The summed E-state index contributed by atoms with van der Waals surface area (Å²) >= 11 is 0. The molecule has 0 aromatic carbocycles. The number of hydrogen-bond donors (Lipinski definition) is 2. The van der Waals surface area contributed by atoms with Crippen LogP contribution >= 0.6 is 0 Å². The minimum atomic E-state index is -2.93. The lowest BCUT2D eigenvalue weighted by Crippen LogP contribution is -2.23. The van der Waals surface area contributed by atoms with Crippen molar-refractivity contribution in [3.8, 4) is 0 Å². The minimum Gasteiger partial charge on any atom is -0.391 e. The lowest BCUT2D eigenvalue weighted by molar-refractivity contribution is 0.0948. The Morgan fingerprint density at radius 2 is 2.06 bits per heavy atom. The van der Waals surface area contributed by atoms with E-state index in [-0.39, 0.29) is 0 Å². The number of carbonyl (C=O) groups excluding carboxylic acids is 1. The van der Waals surface area contributed by atoms with Gasteiger partial charge in [0.15, 0.2) is 5.69 Å². The number of carbonyl (C=O) groups is 1. The fourth-order valence-electron chi connectivity index (χ4n) is 1.18. The van der Waals surface area contributed by atoms with Crippen LogP contribution in [0.2, 0.25) is 0 Å². The zero-order valence-corrected chi connectivity index (χ0v) is 8.76. The summed E-state index contributed by atoms with van der Waals surface area (Å²) in [5.41, 5.74) is 3.66. The van der Waals surface area contributed by atoms with E-state index in [0.29, 0.717) is 0 Å². The standard InChI is InChI=1S/C8H12F2N4O2/c1-3(4(2)15)14-6(7(9)10)5(8(11)16)12-13-14/h3-4,7,15H,1-2H3,(H2,11,16). The highest BCUT2D eigenvalue weighted by Crippen LogP contribution is 2.25. The molecule has 3 N–H and O–H groups in total. The van der Waals surface area contributed by atoms with Crippen LogP contribution in [0.1, 0.15) is 42.5 Å². The van der Waals surface area contributed by atoms with E-state index in [9.17, 15) is 18.7 Å². The van der Waals surface area contributed by atoms with E-state index in [2.05, 4.69) is 10.3 Å². The van der Waals surface area contributed by atoms with E-state index in [1.807, 2.05) is 0 Å². The van der Waals surface area contributed by atoms with Crippen molar-refractivity contribution in [3.05, 3.63) is 11.4 Å². The molecule has 0 spiro atoms. The average Bonchev–Trinajstić information content (AvgIpc) is 2.60. The number of nitrogens with two attached hydrogens (primary N) is 1. The van der Waals surface area contributed by atoms with Crippen LogP contribution in [0, 0.1) is 0 Å². The summed E-state index contributed by atoms with van der Waals surface area (Å²) in [5, 5.41) is 16.0. The first-order valence-corrected chi connectivity index (χ1v) is 4.57. The molecule has 0 aliphatic heterocycles. The first-order chi connectivity index (χ1) is 7.36. The van der Waals surface area contributed by atoms with Crippen molar-refractivity contribution in [1.82, 2.24) is 15.0 Å². The van der Waals surface area contributed by atoms with E-state index in [4.69, 9.17) is 5.73 Å². The molecule has 8 heteroatoms. The number of primary amides is 1. The van der Waals surface area contributed by atoms with Crippen molar-refractivity contribution in [1.29, 1.82) is 0 Å². The maximum absolute atomic E-state index is 12.7. The van der Waals surface area contributed by atoms with Crippen LogP contribution in [-0.2, 0) is 0 Å². The van der Waals surface area contributed by atoms with Crippen LogP contribution in [0.4, 0.5) is 8.78 Å². The van der Waals surface area contributed by atoms with Crippen molar-refractivity contribution >= 4 is 5.91 Å². The summed E-state index contributed by atoms with van der Waals surface area (Å²) in [4.78, 5) is 10.8. The van der Waals surface area contributed by atoms with E-state index in [0.717, 1.165) is 4.68 Å². The van der Waals surface area contributed by atoms with Crippen LogP contribution in [0.25, 0.3) is 0 Å². The minimum absolute atomic E-state index is 0.567. The number of rotatable bonds is 4. The first-order valence-electron chi connectivity index (χ1n) is 4.57. The molecule has 2 unspecified atom stereocenters. The molecule has 90 valence electrons. The summed E-state index contributed by atoms with van der Waals surface area (Å²) in [6.07, 6.45) is -3.83.